The van der Waals surface area contributed by atoms with Crippen LogP contribution in [0.2, 0.25) is 0 Å². The SMILES string of the molecule is CCCCC(C)(C)[C@H](O)C=C[C@H]1[C@H](C)CC(=O)[C@@H]1C/C=C/CCCC(=O)O. The van der Waals surface area contributed by atoms with Crippen LogP contribution in [0.15, 0.2) is 24.3 Å². The number of hydrogen-bond acceptors (Lipinski definition) is 3. The molecule has 0 aromatic heterocycles. The Morgan fingerprint density at radius 1 is 1.30 bits per heavy atom. The topological polar surface area (TPSA) is 74.6 Å². The summed E-state index contributed by atoms with van der Waals surface area (Å²) in [5.74, 6) is -0.0401. The quantitative estimate of drug-likeness (QED) is 0.363. The fourth-order valence-corrected chi connectivity index (χ4v) is 3.83. The van der Waals surface area contributed by atoms with Gasteiger partial charge in [0, 0.05) is 18.8 Å². The Bertz CT molecular complexity index is 532. The standard InChI is InChI=1S/C23H38O4/c1-5-6-15-23(3,4)21(25)14-13-18-17(2)16-20(24)19(18)11-9-7-8-10-12-22(26)27/h7,9,13-14,17-19,21,25H,5-6,8,10-12,15-16H2,1-4H3,(H,26,27)/b9-7+,14-13?/t17-,18+,19-,21-/m1/s1. The number of aliphatic carboxylic acids is 1. The van der Waals surface area contributed by atoms with Crippen molar-refractivity contribution in [1.82, 2.24) is 0 Å². The monoisotopic (exact) mass is 378 g/mol. The van der Waals surface area contributed by atoms with Gasteiger partial charge >= 0.3 is 5.97 Å². The van der Waals surface area contributed by atoms with Gasteiger partial charge in [0.1, 0.15) is 5.78 Å². The molecule has 0 heterocycles. The molecule has 0 amide bonds. The predicted octanol–water partition coefficient (Wildman–Crippen LogP) is 5.16. The second-order valence-corrected chi connectivity index (χ2v) is 8.75. The average molecular weight is 379 g/mol. The van der Waals surface area contributed by atoms with Gasteiger partial charge in [0.05, 0.1) is 6.10 Å². The van der Waals surface area contributed by atoms with Crippen LogP contribution in [-0.2, 0) is 9.59 Å². The minimum Gasteiger partial charge on any atom is -0.481 e. The van der Waals surface area contributed by atoms with Gasteiger partial charge in [-0.1, -0.05) is 64.8 Å². The molecule has 1 saturated carbocycles. The summed E-state index contributed by atoms with van der Waals surface area (Å²) in [6, 6.07) is 0. The molecule has 1 aliphatic carbocycles. The Kier molecular flexibility index (Phi) is 10.00. The molecule has 4 atom stereocenters. The Balaban J connectivity index is 2.63. The molecule has 154 valence electrons. The van der Waals surface area contributed by atoms with Crippen molar-refractivity contribution in [1.29, 1.82) is 0 Å². The van der Waals surface area contributed by atoms with Crippen molar-refractivity contribution in [3.63, 3.8) is 0 Å². The third-order valence-electron chi connectivity index (χ3n) is 5.87. The van der Waals surface area contributed by atoms with Gasteiger partial charge in [0.25, 0.3) is 0 Å². The molecule has 2 N–H and O–H groups in total. The fourth-order valence-electron chi connectivity index (χ4n) is 3.83. The lowest BCUT2D eigenvalue weighted by molar-refractivity contribution is -0.137. The number of Topliss-reactive ketones (excluding diaryl/α,β-unsaturated/α-hetero) is 1. The van der Waals surface area contributed by atoms with Gasteiger partial charge < -0.3 is 10.2 Å². The second-order valence-electron chi connectivity index (χ2n) is 8.75. The van der Waals surface area contributed by atoms with Crippen molar-refractivity contribution in [3.8, 4) is 0 Å². The molecule has 0 aromatic carbocycles. The van der Waals surface area contributed by atoms with E-state index in [9.17, 15) is 14.7 Å². The second kappa shape index (κ2) is 11.4. The molecule has 0 unspecified atom stereocenters. The van der Waals surface area contributed by atoms with Gasteiger partial charge in [-0.05, 0) is 42.9 Å². The number of ketones is 1. The summed E-state index contributed by atoms with van der Waals surface area (Å²) in [5.41, 5.74) is -0.155. The van der Waals surface area contributed by atoms with Crippen molar-refractivity contribution < 1.29 is 19.8 Å². The van der Waals surface area contributed by atoms with Crippen molar-refractivity contribution >= 4 is 11.8 Å². The molecule has 1 aliphatic rings. The Morgan fingerprint density at radius 2 is 2.00 bits per heavy atom. The van der Waals surface area contributed by atoms with Crippen LogP contribution < -0.4 is 0 Å². The lowest BCUT2D eigenvalue weighted by Crippen LogP contribution is -2.28. The summed E-state index contributed by atoms with van der Waals surface area (Å²) in [7, 11) is 0. The van der Waals surface area contributed by atoms with E-state index in [0.717, 1.165) is 25.7 Å². The van der Waals surface area contributed by atoms with E-state index in [0.29, 0.717) is 31.0 Å². The highest BCUT2D eigenvalue weighted by Crippen LogP contribution is 2.38. The van der Waals surface area contributed by atoms with E-state index in [1.54, 1.807) is 0 Å². The normalized spacial score (nSPS) is 24.9. The van der Waals surface area contributed by atoms with Crippen LogP contribution in [0.5, 0.6) is 0 Å². The molecule has 4 heteroatoms. The maximum absolute atomic E-state index is 12.4. The molecule has 1 fully saturated rings. The van der Waals surface area contributed by atoms with Crippen LogP contribution in [0.3, 0.4) is 0 Å². The first-order valence-electron chi connectivity index (χ1n) is 10.4. The van der Waals surface area contributed by atoms with Crippen LogP contribution in [0, 0.1) is 23.2 Å². The van der Waals surface area contributed by atoms with Crippen molar-refractivity contribution in [2.75, 3.05) is 0 Å². The van der Waals surface area contributed by atoms with Gasteiger partial charge in [-0.2, -0.15) is 0 Å². The molecule has 0 spiro atoms. The highest BCUT2D eigenvalue weighted by atomic mass is 16.4. The first-order chi connectivity index (χ1) is 12.7. The number of hydrogen-bond donors (Lipinski definition) is 2. The Labute approximate surface area is 164 Å². The largest absolute Gasteiger partial charge is 0.481 e. The van der Waals surface area contributed by atoms with E-state index in [-0.39, 0.29) is 23.7 Å². The number of unbranched alkanes of at least 4 members (excludes halogenated alkanes) is 2. The summed E-state index contributed by atoms with van der Waals surface area (Å²) >= 11 is 0. The summed E-state index contributed by atoms with van der Waals surface area (Å²) in [6.45, 7) is 8.46. The minimum atomic E-state index is -0.770. The number of carboxylic acid groups (broad SMARTS) is 1. The number of aliphatic hydroxyl groups is 1. The van der Waals surface area contributed by atoms with Crippen LogP contribution in [0.1, 0.15) is 79.1 Å². The van der Waals surface area contributed by atoms with Crippen LogP contribution >= 0.6 is 0 Å². The molecule has 1 rings (SSSR count). The average Bonchev–Trinajstić information content (AvgIpc) is 2.86. The maximum Gasteiger partial charge on any atom is 0.303 e. The molecular formula is C23H38O4. The van der Waals surface area contributed by atoms with Crippen molar-refractivity contribution in [3.05, 3.63) is 24.3 Å². The molecule has 0 bridgehead atoms. The highest BCUT2D eigenvalue weighted by molar-refractivity contribution is 5.84. The zero-order chi connectivity index (χ0) is 20.4. The number of allylic oxidation sites excluding steroid dienone is 3. The number of aliphatic hydroxyl groups excluding tert-OH is 1. The Hall–Kier alpha value is -1.42. The lowest BCUT2D eigenvalue weighted by atomic mass is 9.80. The number of rotatable bonds is 12. The van der Waals surface area contributed by atoms with E-state index < -0.39 is 12.1 Å². The van der Waals surface area contributed by atoms with Crippen molar-refractivity contribution in [2.24, 2.45) is 23.2 Å². The van der Waals surface area contributed by atoms with Gasteiger partial charge in [-0.15, -0.1) is 0 Å². The summed E-state index contributed by atoms with van der Waals surface area (Å²) < 4.78 is 0. The van der Waals surface area contributed by atoms with E-state index in [1.807, 2.05) is 18.2 Å². The minimum absolute atomic E-state index is 0.0297. The van der Waals surface area contributed by atoms with Crippen LogP contribution in [0.25, 0.3) is 0 Å². The third-order valence-corrected chi connectivity index (χ3v) is 5.87. The number of carbonyl (C=O) groups is 2. The van der Waals surface area contributed by atoms with Gasteiger partial charge in [0.15, 0.2) is 0 Å². The number of carbonyl (C=O) groups excluding carboxylic acids is 1. The molecule has 0 aromatic rings. The lowest BCUT2D eigenvalue weighted by Gasteiger charge is -2.29. The smallest absolute Gasteiger partial charge is 0.303 e. The zero-order valence-electron chi connectivity index (χ0n) is 17.5. The molecular weight excluding hydrogens is 340 g/mol. The van der Waals surface area contributed by atoms with Crippen molar-refractivity contribution in [2.45, 2.75) is 85.2 Å². The van der Waals surface area contributed by atoms with E-state index in [4.69, 9.17) is 5.11 Å². The molecule has 27 heavy (non-hydrogen) atoms. The first kappa shape index (κ1) is 23.6. The maximum atomic E-state index is 12.4. The number of carboxylic acids is 1. The Morgan fingerprint density at radius 3 is 2.63 bits per heavy atom. The first-order valence-corrected chi connectivity index (χ1v) is 10.4. The van der Waals surface area contributed by atoms with Crippen LogP contribution in [0.4, 0.5) is 0 Å². The van der Waals surface area contributed by atoms with Gasteiger partial charge in [-0.3, -0.25) is 9.59 Å². The van der Waals surface area contributed by atoms with E-state index in [2.05, 4.69) is 33.8 Å². The molecule has 4 nitrogen and oxygen atoms in total. The summed E-state index contributed by atoms with van der Waals surface area (Å²) in [5, 5.41) is 19.2. The fraction of sp³-hybridized carbons (Fsp3) is 0.739. The summed E-state index contributed by atoms with van der Waals surface area (Å²) in [4.78, 5) is 22.9. The third kappa shape index (κ3) is 8.00. The van der Waals surface area contributed by atoms with Gasteiger partial charge in [0.2, 0.25) is 0 Å². The summed E-state index contributed by atoms with van der Waals surface area (Å²) in [6.07, 6.45) is 13.5. The van der Waals surface area contributed by atoms with Gasteiger partial charge in [-0.25, -0.2) is 0 Å². The highest BCUT2D eigenvalue weighted by Gasteiger charge is 2.38. The predicted molar refractivity (Wildman–Crippen MR) is 109 cm³/mol. The van der Waals surface area contributed by atoms with Crippen LogP contribution in [-0.4, -0.2) is 28.1 Å². The molecule has 0 saturated heterocycles. The van der Waals surface area contributed by atoms with E-state index in [1.165, 1.54) is 0 Å². The van der Waals surface area contributed by atoms with E-state index >= 15 is 0 Å². The molecule has 0 aliphatic heterocycles. The zero-order valence-corrected chi connectivity index (χ0v) is 17.5. The molecule has 0 radical (unpaired) electrons.